The molecule has 49 valence electrons. The van der Waals surface area contributed by atoms with Crippen LogP contribution in [-0.2, 0) is 5.41 Å². The summed E-state index contributed by atoms with van der Waals surface area (Å²) in [5.41, 5.74) is 0.310. The van der Waals surface area contributed by atoms with E-state index in [-0.39, 0.29) is 0 Å². The molecule has 1 aromatic rings. The van der Waals surface area contributed by atoms with E-state index in [9.17, 15) is 0 Å². The molecule has 0 fully saturated rings. The van der Waals surface area contributed by atoms with E-state index < -0.39 is 0 Å². The van der Waals surface area contributed by atoms with Crippen LogP contribution in [0.1, 0.15) is 25.6 Å². The first-order valence-electron chi connectivity index (χ1n) is 3.06. The molecular formula is C8H11S. The lowest BCUT2D eigenvalue weighted by Crippen LogP contribution is -2.07. The molecule has 1 aromatic heterocycles. The van der Waals surface area contributed by atoms with E-state index >= 15 is 0 Å². The van der Waals surface area contributed by atoms with Gasteiger partial charge in [0.1, 0.15) is 0 Å². The average Bonchev–Trinajstić information content (AvgIpc) is 2.08. The first-order chi connectivity index (χ1) is 4.11. The Bertz CT molecular complexity index is 167. The van der Waals surface area contributed by atoms with Gasteiger partial charge in [0, 0.05) is 4.88 Å². The quantitative estimate of drug-likeness (QED) is 0.518. The Morgan fingerprint density at radius 3 is 2.33 bits per heavy atom. The summed E-state index contributed by atoms with van der Waals surface area (Å²) in [6, 6.07) is 5.11. The minimum Gasteiger partial charge on any atom is -0.148 e. The second-order valence-corrected chi connectivity index (χ2v) is 4.07. The van der Waals surface area contributed by atoms with Crippen molar-refractivity contribution in [2.75, 3.05) is 0 Å². The summed E-state index contributed by atoms with van der Waals surface area (Å²) in [5, 5.41) is 2.00. The lowest BCUT2D eigenvalue weighted by Gasteiger charge is -2.14. The number of hydrogen-bond acceptors (Lipinski definition) is 1. The fourth-order valence-electron chi connectivity index (χ4n) is 0.635. The van der Waals surface area contributed by atoms with Crippen molar-refractivity contribution in [3.63, 3.8) is 0 Å². The molecule has 0 saturated carbocycles. The highest BCUT2D eigenvalue weighted by molar-refractivity contribution is 7.10. The number of rotatable bonds is 0. The van der Waals surface area contributed by atoms with Gasteiger partial charge in [-0.3, -0.25) is 0 Å². The first kappa shape index (κ1) is 6.81. The molecule has 0 atom stereocenters. The first-order valence-corrected chi connectivity index (χ1v) is 3.94. The Labute approximate surface area is 60.5 Å². The van der Waals surface area contributed by atoms with E-state index in [0.717, 1.165) is 0 Å². The molecule has 0 amide bonds. The molecule has 0 unspecified atom stereocenters. The van der Waals surface area contributed by atoms with E-state index in [0.29, 0.717) is 5.41 Å². The molecule has 0 aliphatic rings. The van der Waals surface area contributed by atoms with Crippen molar-refractivity contribution in [2.45, 2.75) is 26.2 Å². The van der Waals surface area contributed by atoms with E-state index in [1.165, 1.54) is 4.88 Å². The average molecular weight is 139 g/mol. The van der Waals surface area contributed by atoms with Gasteiger partial charge in [-0.25, -0.2) is 0 Å². The molecule has 0 saturated heterocycles. The summed E-state index contributed by atoms with van der Waals surface area (Å²) in [6.07, 6.45) is 0. The molecular weight excluding hydrogens is 128 g/mol. The Morgan fingerprint density at radius 1 is 1.44 bits per heavy atom. The molecule has 0 aliphatic carbocycles. The zero-order valence-electron chi connectivity index (χ0n) is 6.06. The standard InChI is InChI=1S/C8H11S/c1-8(2,3)7-5-4-6-9-7/h5-6H,1-3H3. The van der Waals surface area contributed by atoms with Gasteiger partial charge in [-0.05, 0) is 22.9 Å². The maximum atomic E-state index is 3.05. The molecule has 1 rings (SSSR count). The summed E-state index contributed by atoms with van der Waals surface area (Å²) < 4.78 is 0. The van der Waals surface area contributed by atoms with Crippen LogP contribution in [0.15, 0.2) is 11.4 Å². The molecule has 1 heteroatoms. The maximum absolute atomic E-state index is 3.05. The molecule has 1 radical (unpaired) electrons. The lowest BCUT2D eigenvalue weighted by molar-refractivity contribution is 0.604. The summed E-state index contributed by atoms with van der Waals surface area (Å²) in [7, 11) is 0. The van der Waals surface area contributed by atoms with Crippen LogP contribution in [-0.4, -0.2) is 0 Å². The monoisotopic (exact) mass is 139 g/mol. The minimum atomic E-state index is 0.310. The van der Waals surface area contributed by atoms with Gasteiger partial charge < -0.3 is 0 Å². The van der Waals surface area contributed by atoms with Crippen LogP contribution in [0.25, 0.3) is 0 Å². The van der Waals surface area contributed by atoms with Crippen molar-refractivity contribution in [3.8, 4) is 0 Å². The Morgan fingerprint density at radius 2 is 2.11 bits per heavy atom. The molecule has 0 bridgehead atoms. The third-order valence-corrected chi connectivity index (χ3v) is 2.45. The maximum Gasteiger partial charge on any atom is 0.0105 e. The third kappa shape index (κ3) is 1.55. The zero-order chi connectivity index (χ0) is 6.91. The zero-order valence-corrected chi connectivity index (χ0v) is 6.88. The topological polar surface area (TPSA) is 0 Å². The highest BCUT2D eigenvalue weighted by atomic mass is 32.1. The highest BCUT2D eigenvalue weighted by Crippen LogP contribution is 2.25. The smallest absolute Gasteiger partial charge is 0.0105 e. The molecule has 0 spiro atoms. The van der Waals surface area contributed by atoms with Gasteiger partial charge in [-0.15, -0.1) is 11.3 Å². The van der Waals surface area contributed by atoms with Gasteiger partial charge in [0.15, 0.2) is 0 Å². The molecule has 9 heavy (non-hydrogen) atoms. The van der Waals surface area contributed by atoms with E-state index in [1.54, 1.807) is 11.3 Å². The van der Waals surface area contributed by atoms with Crippen LogP contribution in [0.5, 0.6) is 0 Å². The minimum absolute atomic E-state index is 0.310. The van der Waals surface area contributed by atoms with E-state index in [2.05, 4.69) is 32.9 Å². The number of thiophene rings is 1. The van der Waals surface area contributed by atoms with Crippen molar-refractivity contribution in [1.82, 2.24) is 0 Å². The second kappa shape index (κ2) is 2.14. The van der Waals surface area contributed by atoms with Crippen molar-refractivity contribution in [1.29, 1.82) is 0 Å². The largest absolute Gasteiger partial charge is 0.148 e. The van der Waals surface area contributed by atoms with Crippen LogP contribution >= 0.6 is 11.3 Å². The van der Waals surface area contributed by atoms with Gasteiger partial charge in [-0.2, -0.15) is 0 Å². The van der Waals surface area contributed by atoms with E-state index in [4.69, 9.17) is 0 Å². The summed E-state index contributed by atoms with van der Waals surface area (Å²) in [6.45, 7) is 6.64. The third-order valence-electron chi connectivity index (χ3n) is 1.21. The molecule has 0 N–H and O–H groups in total. The van der Waals surface area contributed by atoms with Gasteiger partial charge >= 0.3 is 0 Å². The summed E-state index contributed by atoms with van der Waals surface area (Å²) in [4.78, 5) is 1.41. The molecule has 0 nitrogen and oxygen atoms in total. The Hall–Kier alpha value is -0.300. The Balaban J connectivity index is 2.90. The Kier molecular flexibility index (Phi) is 1.62. The normalized spacial score (nSPS) is 11.9. The van der Waals surface area contributed by atoms with Gasteiger partial charge in [0.05, 0.1) is 0 Å². The van der Waals surface area contributed by atoms with Crippen LogP contribution in [0.2, 0.25) is 0 Å². The van der Waals surface area contributed by atoms with Crippen LogP contribution in [0.4, 0.5) is 0 Å². The molecule has 1 heterocycles. The van der Waals surface area contributed by atoms with Crippen LogP contribution in [0, 0.1) is 6.07 Å². The predicted molar refractivity (Wildman–Crippen MR) is 41.9 cm³/mol. The predicted octanol–water partition coefficient (Wildman–Crippen LogP) is 2.85. The SMILES string of the molecule is CC(C)(C)c1c[c]cs1. The highest BCUT2D eigenvalue weighted by Gasteiger charge is 2.13. The van der Waals surface area contributed by atoms with Crippen LogP contribution < -0.4 is 0 Å². The van der Waals surface area contributed by atoms with Crippen molar-refractivity contribution in [2.24, 2.45) is 0 Å². The van der Waals surface area contributed by atoms with Crippen molar-refractivity contribution >= 4 is 11.3 Å². The van der Waals surface area contributed by atoms with Gasteiger partial charge in [0.2, 0.25) is 0 Å². The van der Waals surface area contributed by atoms with Gasteiger partial charge in [0.25, 0.3) is 0 Å². The fraction of sp³-hybridized carbons (Fsp3) is 0.500. The van der Waals surface area contributed by atoms with Gasteiger partial charge in [-0.1, -0.05) is 20.8 Å². The molecule has 0 aliphatic heterocycles. The number of hydrogen-bond donors (Lipinski definition) is 0. The second-order valence-electron chi connectivity index (χ2n) is 3.16. The summed E-state index contributed by atoms with van der Waals surface area (Å²) in [5.74, 6) is 0. The van der Waals surface area contributed by atoms with Crippen LogP contribution in [0.3, 0.4) is 0 Å². The lowest BCUT2D eigenvalue weighted by atomic mass is 9.95. The fourth-order valence-corrected chi connectivity index (χ4v) is 1.39. The van der Waals surface area contributed by atoms with Crippen molar-refractivity contribution in [3.05, 3.63) is 22.4 Å². The summed E-state index contributed by atoms with van der Waals surface area (Å²) >= 11 is 1.77. The van der Waals surface area contributed by atoms with E-state index in [1.807, 2.05) is 5.38 Å². The van der Waals surface area contributed by atoms with Crippen molar-refractivity contribution < 1.29 is 0 Å². The molecule has 0 aromatic carbocycles.